The van der Waals surface area contributed by atoms with Gasteiger partial charge in [-0.25, -0.2) is 15.0 Å². The van der Waals surface area contributed by atoms with Crippen molar-refractivity contribution in [3.05, 3.63) is 18.2 Å². The smallest absolute Gasteiger partial charge is 0.197 e. The van der Waals surface area contributed by atoms with Crippen LogP contribution in [0.1, 0.15) is 31.5 Å². The monoisotopic (exact) mass is 202 g/mol. The third-order valence-electron chi connectivity index (χ3n) is 3.14. The van der Waals surface area contributed by atoms with Gasteiger partial charge in [-0.15, -0.1) is 0 Å². The van der Waals surface area contributed by atoms with Crippen LogP contribution in [-0.2, 0) is 6.42 Å². The SMILES string of the molecule is c1cnc2[nH]c(CC3CCCC3)nc2n1. The Hall–Kier alpha value is -1.45. The molecule has 1 N–H and O–H groups in total. The molecule has 0 aliphatic heterocycles. The number of H-pyrrole nitrogens is 1. The number of hydrogen-bond acceptors (Lipinski definition) is 3. The van der Waals surface area contributed by atoms with Gasteiger partial charge in [-0.1, -0.05) is 25.7 Å². The van der Waals surface area contributed by atoms with Crippen LogP contribution < -0.4 is 0 Å². The van der Waals surface area contributed by atoms with Crippen LogP contribution in [0.5, 0.6) is 0 Å². The highest BCUT2D eigenvalue weighted by Gasteiger charge is 2.17. The molecule has 0 aromatic carbocycles. The molecule has 1 aliphatic rings. The minimum atomic E-state index is 0.741. The van der Waals surface area contributed by atoms with Gasteiger partial charge in [-0.2, -0.15) is 0 Å². The van der Waals surface area contributed by atoms with Crippen LogP contribution in [-0.4, -0.2) is 19.9 Å². The molecule has 1 fully saturated rings. The molecule has 1 aliphatic carbocycles. The number of hydrogen-bond donors (Lipinski definition) is 1. The molecule has 3 rings (SSSR count). The minimum Gasteiger partial charge on any atom is -0.325 e. The van der Waals surface area contributed by atoms with Gasteiger partial charge < -0.3 is 4.98 Å². The maximum absolute atomic E-state index is 4.45. The second kappa shape index (κ2) is 3.61. The molecule has 2 aromatic heterocycles. The summed E-state index contributed by atoms with van der Waals surface area (Å²) in [5.74, 6) is 1.86. The standard InChI is InChI=1S/C11H14N4/c1-2-4-8(3-1)7-9-14-10-11(15-9)13-6-5-12-10/h5-6,8H,1-4,7H2,(H,12,13,14,15). The molecule has 0 spiro atoms. The van der Waals surface area contributed by atoms with Crippen molar-refractivity contribution in [2.45, 2.75) is 32.1 Å². The quantitative estimate of drug-likeness (QED) is 0.811. The average Bonchev–Trinajstić information content (AvgIpc) is 2.86. The molecule has 0 unspecified atom stereocenters. The third kappa shape index (κ3) is 1.71. The molecule has 0 atom stereocenters. The molecule has 4 nitrogen and oxygen atoms in total. The number of imidazole rings is 1. The van der Waals surface area contributed by atoms with Crippen LogP contribution in [0.2, 0.25) is 0 Å². The number of aromatic nitrogens is 4. The van der Waals surface area contributed by atoms with E-state index in [-0.39, 0.29) is 0 Å². The Balaban J connectivity index is 1.84. The van der Waals surface area contributed by atoms with Gasteiger partial charge in [-0.05, 0) is 5.92 Å². The summed E-state index contributed by atoms with van der Waals surface area (Å²) < 4.78 is 0. The van der Waals surface area contributed by atoms with Crippen molar-refractivity contribution in [3.8, 4) is 0 Å². The largest absolute Gasteiger partial charge is 0.325 e. The molecule has 0 saturated heterocycles. The first kappa shape index (κ1) is 8.83. The van der Waals surface area contributed by atoms with Crippen LogP contribution >= 0.6 is 0 Å². The van der Waals surface area contributed by atoms with E-state index in [1.807, 2.05) is 0 Å². The summed E-state index contributed by atoms with van der Waals surface area (Å²) in [4.78, 5) is 16.1. The number of nitrogens with zero attached hydrogens (tertiary/aromatic N) is 3. The lowest BCUT2D eigenvalue weighted by atomic mass is 10.0. The van der Waals surface area contributed by atoms with Crippen LogP contribution in [0.15, 0.2) is 12.4 Å². The maximum Gasteiger partial charge on any atom is 0.197 e. The van der Waals surface area contributed by atoms with E-state index in [1.54, 1.807) is 12.4 Å². The Bertz CT molecular complexity index is 423. The Morgan fingerprint density at radius 2 is 2.00 bits per heavy atom. The Kier molecular flexibility index (Phi) is 2.12. The number of nitrogens with one attached hydrogen (secondary N) is 1. The van der Waals surface area contributed by atoms with Crippen molar-refractivity contribution in [2.75, 3.05) is 0 Å². The zero-order chi connectivity index (χ0) is 10.1. The number of fused-ring (bicyclic) bond motifs is 1. The van der Waals surface area contributed by atoms with Crippen molar-refractivity contribution in [1.82, 2.24) is 19.9 Å². The summed E-state index contributed by atoms with van der Waals surface area (Å²) in [5, 5.41) is 0. The fraction of sp³-hybridized carbons (Fsp3) is 0.545. The van der Waals surface area contributed by atoms with Gasteiger partial charge in [0.1, 0.15) is 5.82 Å². The first-order chi connectivity index (χ1) is 7.42. The summed E-state index contributed by atoms with van der Waals surface area (Å²) in [6.07, 6.45) is 9.87. The van der Waals surface area contributed by atoms with Crippen LogP contribution in [0.4, 0.5) is 0 Å². The highest BCUT2D eigenvalue weighted by molar-refractivity contribution is 5.64. The fourth-order valence-electron chi connectivity index (χ4n) is 2.38. The summed E-state index contributed by atoms with van der Waals surface area (Å²) in [6, 6.07) is 0. The fourth-order valence-corrected chi connectivity index (χ4v) is 2.38. The van der Waals surface area contributed by atoms with Crippen molar-refractivity contribution in [1.29, 1.82) is 0 Å². The van der Waals surface area contributed by atoms with E-state index in [2.05, 4.69) is 19.9 Å². The molecule has 1 saturated carbocycles. The van der Waals surface area contributed by atoms with E-state index < -0.39 is 0 Å². The molecule has 0 amide bonds. The van der Waals surface area contributed by atoms with Gasteiger partial charge in [0.05, 0.1) is 0 Å². The third-order valence-corrected chi connectivity index (χ3v) is 3.14. The van der Waals surface area contributed by atoms with Gasteiger partial charge in [0.2, 0.25) is 0 Å². The topological polar surface area (TPSA) is 54.5 Å². The number of aromatic amines is 1. The van der Waals surface area contributed by atoms with Crippen molar-refractivity contribution in [2.24, 2.45) is 5.92 Å². The lowest BCUT2D eigenvalue weighted by molar-refractivity contribution is 0.533. The molecular formula is C11H14N4. The summed E-state index contributed by atoms with van der Waals surface area (Å²) >= 11 is 0. The average molecular weight is 202 g/mol. The van der Waals surface area contributed by atoms with Crippen molar-refractivity contribution in [3.63, 3.8) is 0 Å². The second-order valence-corrected chi connectivity index (χ2v) is 4.27. The summed E-state index contributed by atoms with van der Waals surface area (Å²) in [5.41, 5.74) is 1.55. The number of rotatable bonds is 2. The van der Waals surface area contributed by atoms with Crippen LogP contribution in [0.3, 0.4) is 0 Å². The summed E-state index contributed by atoms with van der Waals surface area (Å²) in [7, 11) is 0. The molecule has 15 heavy (non-hydrogen) atoms. The summed E-state index contributed by atoms with van der Waals surface area (Å²) in [6.45, 7) is 0. The molecule has 2 aromatic rings. The van der Waals surface area contributed by atoms with E-state index in [9.17, 15) is 0 Å². The zero-order valence-electron chi connectivity index (χ0n) is 8.61. The lowest BCUT2D eigenvalue weighted by Crippen LogP contribution is -2.00. The predicted molar refractivity (Wildman–Crippen MR) is 57.3 cm³/mol. The first-order valence-corrected chi connectivity index (χ1v) is 5.57. The Labute approximate surface area is 88.2 Å². The van der Waals surface area contributed by atoms with Crippen molar-refractivity contribution >= 4 is 11.3 Å². The van der Waals surface area contributed by atoms with E-state index in [0.29, 0.717) is 0 Å². The molecule has 2 heterocycles. The van der Waals surface area contributed by atoms with E-state index >= 15 is 0 Å². The van der Waals surface area contributed by atoms with Crippen molar-refractivity contribution < 1.29 is 0 Å². The molecule has 78 valence electrons. The highest BCUT2D eigenvalue weighted by atomic mass is 15.0. The van der Waals surface area contributed by atoms with Gasteiger partial charge in [0.15, 0.2) is 11.3 Å². The van der Waals surface area contributed by atoms with Gasteiger partial charge in [-0.3, -0.25) is 0 Å². The zero-order valence-corrected chi connectivity index (χ0v) is 8.61. The predicted octanol–water partition coefficient (Wildman–Crippen LogP) is 2.09. The van der Waals surface area contributed by atoms with E-state index in [1.165, 1.54) is 25.7 Å². The van der Waals surface area contributed by atoms with Crippen LogP contribution in [0.25, 0.3) is 11.3 Å². The molecule has 4 heteroatoms. The molecular weight excluding hydrogens is 188 g/mol. The minimum absolute atomic E-state index is 0.741. The van der Waals surface area contributed by atoms with E-state index in [0.717, 1.165) is 29.5 Å². The highest BCUT2D eigenvalue weighted by Crippen LogP contribution is 2.27. The second-order valence-electron chi connectivity index (χ2n) is 4.27. The van der Waals surface area contributed by atoms with Crippen LogP contribution in [0, 0.1) is 5.92 Å². The maximum atomic E-state index is 4.45. The molecule has 0 bridgehead atoms. The Morgan fingerprint density at radius 1 is 1.20 bits per heavy atom. The Morgan fingerprint density at radius 3 is 2.80 bits per heavy atom. The van der Waals surface area contributed by atoms with Gasteiger partial charge in [0.25, 0.3) is 0 Å². The first-order valence-electron chi connectivity index (χ1n) is 5.57. The lowest BCUT2D eigenvalue weighted by Gasteiger charge is -2.04. The van der Waals surface area contributed by atoms with Gasteiger partial charge in [0, 0.05) is 18.8 Å². The normalized spacial score (nSPS) is 17.6. The van der Waals surface area contributed by atoms with E-state index in [4.69, 9.17) is 0 Å². The molecule has 0 radical (unpaired) electrons. The van der Waals surface area contributed by atoms with Gasteiger partial charge >= 0.3 is 0 Å².